The summed E-state index contributed by atoms with van der Waals surface area (Å²) in [6.07, 6.45) is 7.61. The van der Waals surface area contributed by atoms with Crippen LogP contribution in [-0.4, -0.2) is 41.6 Å². The largest absolute Gasteiger partial charge is 0.490 e. The van der Waals surface area contributed by atoms with E-state index in [-0.39, 0.29) is 17.9 Å². The number of nitrogens with two attached hydrogens (primary N) is 1. The minimum atomic E-state index is 0.0870. The molecule has 2 aromatic heterocycles. The molecule has 2 aromatic rings. The number of rotatable bonds is 5. The number of aromatic amines is 1. The van der Waals surface area contributed by atoms with Crippen molar-refractivity contribution in [1.82, 2.24) is 9.97 Å². The van der Waals surface area contributed by atoms with Crippen LogP contribution in [0.25, 0.3) is 11.0 Å². The van der Waals surface area contributed by atoms with Gasteiger partial charge in [0.25, 0.3) is 0 Å². The summed E-state index contributed by atoms with van der Waals surface area (Å²) in [6.45, 7) is 4.23. The number of amides is 1. The number of carbonyl (C=O) groups excluding carboxylic acids is 1. The summed E-state index contributed by atoms with van der Waals surface area (Å²) >= 11 is 0. The Labute approximate surface area is 146 Å². The first-order valence-corrected chi connectivity index (χ1v) is 9.11. The van der Waals surface area contributed by atoms with Gasteiger partial charge in [-0.2, -0.15) is 0 Å². The number of piperidine rings is 1. The Morgan fingerprint density at radius 2 is 2.32 bits per heavy atom. The number of pyridine rings is 1. The van der Waals surface area contributed by atoms with E-state index >= 15 is 0 Å². The molecule has 7 nitrogen and oxygen atoms in total. The second-order valence-corrected chi connectivity index (χ2v) is 6.94. The molecule has 1 amide bonds. The number of fused-ring (bicyclic) bond motifs is 1. The molecule has 0 unspecified atom stereocenters. The smallest absolute Gasteiger partial charge is 0.227 e. The Morgan fingerprint density at radius 3 is 3.04 bits per heavy atom. The number of hydrogen-bond donors (Lipinski definition) is 3. The van der Waals surface area contributed by atoms with E-state index in [2.05, 4.69) is 20.2 Å². The zero-order valence-corrected chi connectivity index (χ0v) is 14.5. The molecule has 25 heavy (non-hydrogen) atoms. The van der Waals surface area contributed by atoms with E-state index in [0.717, 1.165) is 66.9 Å². The molecule has 134 valence electrons. The maximum Gasteiger partial charge on any atom is 0.227 e. The number of carbonyl (C=O) groups is 1. The molecule has 1 atom stereocenters. The van der Waals surface area contributed by atoms with Crippen LogP contribution in [0.3, 0.4) is 0 Å². The number of H-pyrrole nitrogens is 1. The van der Waals surface area contributed by atoms with Crippen LogP contribution in [-0.2, 0) is 4.79 Å². The molecule has 2 aliphatic rings. The summed E-state index contributed by atoms with van der Waals surface area (Å²) in [5.41, 5.74) is 8.70. The van der Waals surface area contributed by atoms with Crippen LogP contribution >= 0.6 is 0 Å². The molecule has 1 aliphatic heterocycles. The van der Waals surface area contributed by atoms with Crippen molar-refractivity contribution in [3.63, 3.8) is 0 Å². The summed E-state index contributed by atoms with van der Waals surface area (Å²) in [6, 6.07) is 0.148. The van der Waals surface area contributed by atoms with Crippen LogP contribution in [0.2, 0.25) is 0 Å². The third-order valence-electron chi connectivity index (χ3n) is 4.92. The van der Waals surface area contributed by atoms with E-state index in [1.807, 2.05) is 13.1 Å². The summed E-state index contributed by atoms with van der Waals surface area (Å²) < 4.78 is 5.85. The van der Waals surface area contributed by atoms with Crippen LogP contribution in [0.15, 0.2) is 12.4 Å². The molecule has 2 fully saturated rings. The fourth-order valence-electron chi connectivity index (χ4n) is 3.53. The topological polar surface area (TPSA) is 96.3 Å². The highest BCUT2D eigenvalue weighted by Crippen LogP contribution is 2.41. The molecule has 4 N–H and O–H groups in total. The lowest BCUT2D eigenvalue weighted by Gasteiger charge is -2.34. The van der Waals surface area contributed by atoms with Crippen LogP contribution in [0.5, 0.6) is 5.75 Å². The van der Waals surface area contributed by atoms with Gasteiger partial charge in [0, 0.05) is 31.2 Å². The predicted molar refractivity (Wildman–Crippen MR) is 98.0 cm³/mol. The van der Waals surface area contributed by atoms with Crippen LogP contribution in [0.4, 0.5) is 11.4 Å². The zero-order chi connectivity index (χ0) is 17.4. The monoisotopic (exact) mass is 343 g/mol. The normalized spacial score (nSPS) is 20.7. The number of anilines is 2. The first-order chi connectivity index (χ1) is 12.2. The Balaban J connectivity index is 1.78. The van der Waals surface area contributed by atoms with Gasteiger partial charge >= 0.3 is 0 Å². The Kier molecular flexibility index (Phi) is 4.25. The second-order valence-electron chi connectivity index (χ2n) is 6.94. The molecule has 0 radical (unpaired) electrons. The lowest BCUT2D eigenvalue weighted by atomic mass is 10.0. The predicted octanol–water partition coefficient (Wildman–Crippen LogP) is 2.24. The van der Waals surface area contributed by atoms with E-state index in [9.17, 15) is 4.79 Å². The zero-order valence-electron chi connectivity index (χ0n) is 14.5. The maximum absolute atomic E-state index is 12.3. The van der Waals surface area contributed by atoms with Gasteiger partial charge in [0.15, 0.2) is 5.75 Å². The quantitative estimate of drug-likeness (QED) is 0.774. The maximum atomic E-state index is 12.3. The van der Waals surface area contributed by atoms with Crippen molar-refractivity contribution in [3.05, 3.63) is 12.4 Å². The molecule has 3 heterocycles. The SMILES string of the molecule is CCOc1cnc2[nH]cc(NC(=O)C3CC3)c2c1N1CCC[C@@H](N)C1. The average molecular weight is 343 g/mol. The van der Waals surface area contributed by atoms with Gasteiger partial charge in [-0.05, 0) is 32.6 Å². The van der Waals surface area contributed by atoms with E-state index < -0.39 is 0 Å². The van der Waals surface area contributed by atoms with Gasteiger partial charge in [0.05, 0.1) is 29.6 Å². The van der Waals surface area contributed by atoms with Gasteiger partial charge in [0.2, 0.25) is 5.91 Å². The van der Waals surface area contributed by atoms with Gasteiger partial charge in [-0.25, -0.2) is 4.98 Å². The summed E-state index contributed by atoms with van der Waals surface area (Å²) in [4.78, 5) is 22.2. The van der Waals surface area contributed by atoms with Crippen molar-refractivity contribution < 1.29 is 9.53 Å². The number of aromatic nitrogens is 2. The lowest BCUT2D eigenvalue weighted by Crippen LogP contribution is -2.43. The van der Waals surface area contributed by atoms with Crippen LogP contribution < -0.4 is 20.7 Å². The third-order valence-corrected chi connectivity index (χ3v) is 4.92. The highest BCUT2D eigenvalue weighted by Gasteiger charge is 2.31. The minimum absolute atomic E-state index is 0.0870. The highest BCUT2D eigenvalue weighted by molar-refractivity contribution is 6.08. The number of nitrogens with zero attached hydrogens (tertiary/aromatic N) is 2. The van der Waals surface area contributed by atoms with E-state index in [0.29, 0.717) is 6.61 Å². The van der Waals surface area contributed by atoms with Gasteiger partial charge < -0.3 is 25.7 Å². The molecule has 4 rings (SSSR count). The van der Waals surface area contributed by atoms with Crippen molar-refractivity contribution in [2.24, 2.45) is 11.7 Å². The van der Waals surface area contributed by atoms with E-state index in [1.54, 1.807) is 6.20 Å². The van der Waals surface area contributed by atoms with Gasteiger partial charge in [0.1, 0.15) is 5.65 Å². The first kappa shape index (κ1) is 16.2. The van der Waals surface area contributed by atoms with Crippen molar-refractivity contribution in [1.29, 1.82) is 0 Å². The van der Waals surface area contributed by atoms with Crippen molar-refractivity contribution >= 4 is 28.3 Å². The number of hydrogen-bond acceptors (Lipinski definition) is 5. The molecule has 0 spiro atoms. The second kappa shape index (κ2) is 6.55. The first-order valence-electron chi connectivity index (χ1n) is 9.11. The van der Waals surface area contributed by atoms with Gasteiger partial charge in [-0.15, -0.1) is 0 Å². The summed E-state index contributed by atoms with van der Waals surface area (Å²) in [7, 11) is 0. The van der Waals surface area contributed by atoms with Crippen molar-refractivity contribution in [2.45, 2.75) is 38.6 Å². The van der Waals surface area contributed by atoms with Crippen molar-refractivity contribution in [3.8, 4) is 5.75 Å². The molecular formula is C18H25N5O2. The number of nitrogens with one attached hydrogen (secondary N) is 2. The standard InChI is InChI=1S/C18H25N5O2/c1-2-25-14-9-21-17-15(16(14)23-7-3-4-12(19)10-23)13(8-20-17)22-18(24)11-5-6-11/h8-9,11-12H,2-7,10,19H2,1H3,(H,20,21)(H,22,24)/t12-/m1/s1. The highest BCUT2D eigenvalue weighted by atomic mass is 16.5. The lowest BCUT2D eigenvalue weighted by molar-refractivity contribution is -0.117. The molecule has 1 aliphatic carbocycles. The summed E-state index contributed by atoms with van der Waals surface area (Å²) in [5.74, 6) is 0.981. The fraction of sp³-hybridized carbons (Fsp3) is 0.556. The van der Waals surface area contributed by atoms with Gasteiger partial charge in [-0.1, -0.05) is 0 Å². The van der Waals surface area contributed by atoms with Gasteiger partial charge in [-0.3, -0.25) is 4.79 Å². The molecule has 7 heteroatoms. The average Bonchev–Trinajstić information content (AvgIpc) is 3.38. The van der Waals surface area contributed by atoms with E-state index in [1.165, 1.54) is 0 Å². The summed E-state index contributed by atoms with van der Waals surface area (Å²) in [5, 5.41) is 3.97. The van der Waals surface area contributed by atoms with Crippen LogP contribution in [0.1, 0.15) is 32.6 Å². The number of ether oxygens (including phenoxy) is 1. The van der Waals surface area contributed by atoms with Crippen LogP contribution in [0, 0.1) is 5.92 Å². The molecule has 1 saturated carbocycles. The Bertz CT molecular complexity index is 783. The fourth-order valence-corrected chi connectivity index (χ4v) is 3.53. The Morgan fingerprint density at radius 1 is 1.48 bits per heavy atom. The third kappa shape index (κ3) is 3.16. The molecular weight excluding hydrogens is 318 g/mol. The van der Waals surface area contributed by atoms with E-state index in [4.69, 9.17) is 10.5 Å². The molecule has 1 saturated heterocycles. The minimum Gasteiger partial charge on any atom is -0.490 e. The Hall–Kier alpha value is -2.28. The molecule has 0 bridgehead atoms. The van der Waals surface area contributed by atoms with Crippen molar-refractivity contribution in [2.75, 3.05) is 29.9 Å². The molecule has 0 aromatic carbocycles.